The van der Waals surface area contributed by atoms with Crippen LogP contribution in [0.5, 0.6) is 0 Å². The Kier molecular flexibility index (Phi) is 3.39. The van der Waals surface area contributed by atoms with Crippen LogP contribution < -0.4 is 0 Å². The molecule has 0 heterocycles. The fourth-order valence-corrected chi connectivity index (χ4v) is 4.62. The summed E-state index contributed by atoms with van der Waals surface area (Å²) < 4.78 is 0. The Bertz CT molecular complexity index is 240. The second-order valence-electron chi connectivity index (χ2n) is 7.16. The molecule has 2 rings (SSSR count). The second kappa shape index (κ2) is 4.35. The molecule has 2 aliphatic carbocycles. The number of rotatable bonds is 5. The third-order valence-corrected chi connectivity index (χ3v) is 6.38. The van der Waals surface area contributed by atoms with Crippen molar-refractivity contribution in [2.24, 2.45) is 22.7 Å². The van der Waals surface area contributed by atoms with E-state index in [1.807, 2.05) is 0 Å². The van der Waals surface area contributed by atoms with Gasteiger partial charge in [-0.1, -0.05) is 53.4 Å². The molecule has 16 heavy (non-hydrogen) atoms. The van der Waals surface area contributed by atoms with Gasteiger partial charge in [0.2, 0.25) is 0 Å². The van der Waals surface area contributed by atoms with Gasteiger partial charge in [-0.3, -0.25) is 0 Å². The lowest BCUT2D eigenvalue weighted by Crippen LogP contribution is -2.32. The Morgan fingerprint density at radius 2 is 1.81 bits per heavy atom. The molecule has 2 saturated carbocycles. The first kappa shape index (κ1) is 12.5. The molecule has 0 heteroatoms. The van der Waals surface area contributed by atoms with Gasteiger partial charge in [-0.25, -0.2) is 0 Å². The first-order valence-corrected chi connectivity index (χ1v) is 7.52. The van der Waals surface area contributed by atoms with Gasteiger partial charge in [-0.05, 0) is 48.3 Å². The molecule has 0 saturated heterocycles. The Labute approximate surface area is 102 Å². The third-order valence-electron chi connectivity index (χ3n) is 6.38. The predicted molar refractivity (Wildman–Crippen MR) is 71.5 cm³/mol. The fraction of sp³-hybridized carbons (Fsp3) is 1.00. The number of hydrogen-bond donors (Lipinski definition) is 0. The minimum Gasteiger partial charge on any atom is -0.0654 e. The summed E-state index contributed by atoms with van der Waals surface area (Å²) >= 11 is 0. The van der Waals surface area contributed by atoms with Gasteiger partial charge in [0, 0.05) is 0 Å². The van der Waals surface area contributed by atoms with E-state index in [1.54, 1.807) is 0 Å². The highest BCUT2D eigenvalue weighted by molar-refractivity contribution is 5.09. The normalized spacial score (nSPS) is 40.5. The zero-order valence-corrected chi connectivity index (χ0v) is 11.8. The van der Waals surface area contributed by atoms with Crippen molar-refractivity contribution in [3.05, 3.63) is 0 Å². The summed E-state index contributed by atoms with van der Waals surface area (Å²) in [7, 11) is 0. The van der Waals surface area contributed by atoms with Crippen molar-refractivity contribution >= 4 is 0 Å². The Morgan fingerprint density at radius 1 is 1.06 bits per heavy atom. The highest BCUT2D eigenvalue weighted by Gasteiger charge is 2.60. The molecule has 0 aliphatic heterocycles. The van der Waals surface area contributed by atoms with Crippen molar-refractivity contribution in [1.29, 1.82) is 0 Å². The van der Waals surface area contributed by atoms with E-state index < -0.39 is 0 Å². The highest BCUT2D eigenvalue weighted by atomic mass is 14.6. The average molecular weight is 222 g/mol. The summed E-state index contributed by atoms with van der Waals surface area (Å²) in [5.41, 5.74) is 1.30. The first-order chi connectivity index (χ1) is 7.52. The molecule has 2 aliphatic rings. The molecule has 0 aromatic heterocycles. The smallest absolute Gasteiger partial charge is 0.0243 e. The molecule has 94 valence electrons. The fourth-order valence-electron chi connectivity index (χ4n) is 4.62. The monoisotopic (exact) mass is 222 g/mol. The van der Waals surface area contributed by atoms with E-state index in [4.69, 9.17) is 0 Å². The predicted octanol–water partition coefficient (Wildman–Crippen LogP) is 5.42. The van der Waals surface area contributed by atoms with Crippen LogP contribution in [0.4, 0.5) is 0 Å². The van der Waals surface area contributed by atoms with Gasteiger partial charge in [0.05, 0.1) is 0 Å². The van der Waals surface area contributed by atoms with Gasteiger partial charge >= 0.3 is 0 Å². The lowest BCUT2D eigenvalue weighted by atomic mass is 9.65. The maximum Gasteiger partial charge on any atom is -0.0243 e. The van der Waals surface area contributed by atoms with Crippen molar-refractivity contribution < 1.29 is 0 Å². The van der Waals surface area contributed by atoms with Gasteiger partial charge in [0.15, 0.2) is 0 Å². The van der Waals surface area contributed by atoms with Gasteiger partial charge in [0.1, 0.15) is 0 Å². The lowest BCUT2D eigenvalue weighted by Gasteiger charge is -2.39. The van der Waals surface area contributed by atoms with Gasteiger partial charge in [0.25, 0.3) is 0 Å². The zero-order chi connectivity index (χ0) is 11.8. The number of hydrogen-bond acceptors (Lipinski definition) is 0. The van der Waals surface area contributed by atoms with Crippen LogP contribution in [0.25, 0.3) is 0 Å². The SMILES string of the molecule is CCCCCCC1CC2CCC1(C)C2(C)C. The van der Waals surface area contributed by atoms with E-state index in [0.717, 1.165) is 11.8 Å². The molecule has 0 aromatic carbocycles. The maximum atomic E-state index is 2.59. The standard InChI is InChI=1S/C16H30/c1-5-6-7-8-9-14-12-13-10-11-16(14,4)15(13,2)3/h13-14H,5-12H2,1-4H3. The molecule has 3 unspecified atom stereocenters. The molecule has 0 amide bonds. The molecule has 0 N–H and O–H groups in total. The third kappa shape index (κ3) is 1.73. The number of fused-ring (bicyclic) bond motifs is 2. The largest absolute Gasteiger partial charge is 0.0654 e. The van der Waals surface area contributed by atoms with Crippen molar-refractivity contribution in [2.45, 2.75) is 79.1 Å². The Balaban J connectivity index is 1.89. The second-order valence-corrected chi connectivity index (χ2v) is 7.16. The maximum absolute atomic E-state index is 2.59. The molecule has 3 atom stereocenters. The van der Waals surface area contributed by atoms with Gasteiger partial charge in [-0.15, -0.1) is 0 Å². The van der Waals surface area contributed by atoms with E-state index in [0.29, 0.717) is 10.8 Å². The van der Waals surface area contributed by atoms with E-state index in [2.05, 4.69) is 27.7 Å². The molecular formula is C16H30. The lowest BCUT2D eigenvalue weighted by molar-refractivity contribution is 0.0961. The summed E-state index contributed by atoms with van der Waals surface area (Å²) in [6.07, 6.45) is 11.8. The van der Waals surface area contributed by atoms with Crippen LogP contribution in [-0.4, -0.2) is 0 Å². The molecular weight excluding hydrogens is 192 g/mol. The Hall–Kier alpha value is 0. The van der Waals surface area contributed by atoms with Crippen LogP contribution in [0, 0.1) is 22.7 Å². The van der Waals surface area contributed by atoms with Crippen molar-refractivity contribution in [3.8, 4) is 0 Å². The van der Waals surface area contributed by atoms with Crippen molar-refractivity contribution in [1.82, 2.24) is 0 Å². The minimum atomic E-state index is 0.627. The molecule has 0 spiro atoms. The summed E-state index contributed by atoms with van der Waals surface area (Å²) in [6, 6.07) is 0. The van der Waals surface area contributed by atoms with Crippen molar-refractivity contribution in [3.63, 3.8) is 0 Å². The van der Waals surface area contributed by atoms with Gasteiger partial charge in [-0.2, -0.15) is 0 Å². The zero-order valence-electron chi connectivity index (χ0n) is 11.8. The van der Waals surface area contributed by atoms with E-state index in [-0.39, 0.29) is 0 Å². The van der Waals surface area contributed by atoms with E-state index in [1.165, 1.54) is 51.4 Å². The summed E-state index contributed by atoms with van der Waals surface area (Å²) in [5.74, 6) is 2.08. The van der Waals surface area contributed by atoms with Crippen LogP contribution in [0.1, 0.15) is 79.1 Å². The van der Waals surface area contributed by atoms with Crippen molar-refractivity contribution in [2.75, 3.05) is 0 Å². The summed E-state index contributed by atoms with van der Waals surface area (Å²) in [6.45, 7) is 9.97. The Morgan fingerprint density at radius 3 is 2.31 bits per heavy atom. The van der Waals surface area contributed by atoms with Gasteiger partial charge < -0.3 is 0 Å². The quantitative estimate of drug-likeness (QED) is 0.545. The molecule has 0 nitrogen and oxygen atoms in total. The number of unbranched alkanes of at least 4 members (excludes halogenated alkanes) is 3. The molecule has 2 fully saturated rings. The van der Waals surface area contributed by atoms with Crippen LogP contribution in [-0.2, 0) is 0 Å². The van der Waals surface area contributed by atoms with Crippen LogP contribution >= 0.6 is 0 Å². The van der Waals surface area contributed by atoms with E-state index >= 15 is 0 Å². The van der Waals surface area contributed by atoms with Crippen LogP contribution in [0.3, 0.4) is 0 Å². The minimum absolute atomic E-state index is 0.627. The van der Waals surface area contributed by atoms with E-state index in [9.17, 15) is 0 Å². The summed E-state index contributed by atoms with van der Waals surface area (Å²) in [4.78, 5) is 0. The molecule has 2 bridgehead atoms. The molecule has 0 aromatic rings. The summed E-state index contributed by atoms with van der Waals surface area (Å²) in [5, 5.41) is 0. The highest BCUT2D eigenvalue weighted by Crippen LogP contribution is 2.68. The molecule has 0 radical (unpaired) electrons. The first-order valence-electron chi connectivity index (χ1n) is 7.52. The van der Waals surface area contributed by atoms with Crippen LogP contribution in [0.2, 0.25) is 0 Å². The average Bonchev–Trinajstić information content (AvgIpc) is 2.57. The van der Waals surface area contributed by atoms with Crippen LogP contribution in [0.15, 0.2) is 0 Å². The topological polar surface area (TPSA) is 0 Å².